The highest BCUT2D eigenvalue weighted by Gasteiger charge is 2.42. The van der Waals surface area contributed by atoms with Gasteiger partial charge in [-0.2, -0.15) is 0 Å². The molecule has 0 bridgehead atoms. The first-order chi connectivity index (χ1) is 8.28. The van der Waals surface area contributed by atoms with Crippen LogP contribution in [0.5, 0.6) is 11.5 Å². The zero-order valence-corrected chi connectivity index (χ0v) is 11.8. The Morgan fingerprint density at radius 1 is 1.12 bits per heavy atom. The Balaban J connectivity index is 1.81. The predicted molar refractivity (Wildman–Crippen MR) is 73.2 cm³/mol. The summed E-state index contributed by atoms with van der Waals surface area (Å²) < 4.78 is 11.3. The molecule has 3 heteroatoms. The average molecular weight is 299 g/mol. The molecule has 0 amide bonds. The van der Waals surface area contributed by atoms with Crippen molar-refractivity contribution in [2.24, 2.45) is 5.41 Å². The molecule has 0 unspecified atom stereocenters. The van der Waals surface area contributed by atoms with Crippen LogP contribution in [0.25, 0.3) is 0 Å². The third-order valence-corrected chi connectivity index (χ3v) is 4.27. The fraction of sp³-hybridized carbons (Fsp3) is 0.571. The smallest absolute Gasteiger partial charge is 0.119 e. The van der Waals surface area contributed by atoms with E-state index in [1.54, 1.807) is 0 Å². The summed E-state index contributed by atoms with van der Waals surface area (Å²) in [5, 5.41) is 1.04. The summed E-state index contributed by atoms with van der Waals surface area (Å²) in [6.45, 7) is 3.69. The molecular formula is C14H19BrO2. The molecule has 17 heavy (non-hydrogen) atoms. The summed E-state index contributed by atoms with van der Waals surface area (Å²) in [6.07, 6.45) is 3.58. The van der Waals surface area contributed by atoms with E-state index in [4.69, 9.17) is 9.47 Å². The van der Waals surface area contributed by atoms with E-state index >= 15 is 0 Å². The fourth-order valence-corrected chi connectivity index (χ4v) is 2.30. The Morgan fingerprint density at radius 2 is 1.71 bits per heavy atom. The second kappa shape index (κ2) is 5.76. The van der Waals surface area contributed by atoms with E-state index < -0.39 is 0 Å². The van der Waals surface area contributed by atoms with Crippen LogP contribution < -0.4 is 9.47 Å². The molecule has 1 aliphatic carbocycles. The normalized spacial score (nSPS) is 16.6. The summed E-state index contributed by atoms with van der Waals surface area (Å²) in [5.74, 6) is 1.85. The van der Waals surface area contributed by atoms with Gasteiger partial charge in [0.05, 0.1) is 13.2 Å². The minimum Gasteiger partial charge on any atom is -0.494 e. The maximum Gasteiger partial charge on any atom is 0.119 e. The molecular weight excluding hydrogens is 280 g/mol. The molecule has 1 aliphatic rings. The van der Waals surface area contributed by atoms with Gasteiger partial charge in [-0.15, -0.1) is 0 Å². The number of rotatable bonds is 7. The average Bonchev–Trinajstić information content (AvgIpc) is 3.16. The van der Waals surface area contributed by atoms with Crippen molar-refractivity contribution in [2.75, 3.05) is 18.5 Å². The maximum atomic E-state index is 5.80. The molecule has 1 aromatic rings. The highest BCUT2D eigenvalue weighted by molar-refractivity contribution is 9.09. The van der Waals surface area contributed by atoms with E-state index in [1.165, 1.54) is 12.8 Å². The third kappa shape index (κ3) is 3.63. The van der Waals surface area contributed by atoms with E-state index in [1.807, 2.05) is 24.3 Å². The molecule has 1 saturated carbocycles. The minimum absolute atomic E-state index is 0.400. The summed E-state index contributed by atoms with van der Waals surface area (Å²) >= 11 is 3.55. The number of hydrogen-bond acceptors (Lipinski definition) is 2. The maximum absolute atomic E-state index is 5.80. The molecule has 2 rings (SSSR count). The van der Waals surface area contributed by atoms with Gasteiger partial charge in [-0.25, -0.2) is 0 Å². The molecule has 94 valence electrons. The second-order valence-corrected chi connectivity index (χ2v) is 5.30. The molecule has 0 atom stereocenters. The van der Waals surface area contributed by atoms with Crippen LogP contribution >= 0.6 is 15.9 Å². The van der Waals surface area contributed by atoms with Crippen molar-refractivity contribution in [1.82, 2.24) is 0 Å². The first-order valence-electron chi connectivity index (χ1n) is 6.20. The van der Waals surface area contributed by atoms with Crippen molar-refractivity contribution in [3.63, 3.8) is 0 Å². The number of hydrogen-bond donors (Lipinski definition) is 0. The molecule has 2 nitrogen and oxygen atoms in total. The van der Waals surface area contributed by atoms with Crippen LogP contribution in [0.3, 0.4) is 0 Å². The lowest BCUT2D eigenvalue weighted by molar-refractivity contribution is 0.250. The van der Waals surface area contributed by atoms with E-state index in [-0.39, 0.29) is 0 Å². The van der Waals surface area contributed by atoms with Gasteiger partial charge < -0.3 is 9.47 Å². The third-order valence-electron chi connectivity index (χ3n) is 3.08. The van der Waals surface area contributed by atoms with Crippen LogP contribution in [0.15, 0.2) is 24.3 Å². The molecule has 0 saturated heterocycles. The fourth-order valence-electron chi connectivity index (χ4n) is 1.58. The lowest BCUT2D eigenvalue weighted by Gasteiger charge is -2.13. The minimum atomic E-state index is 0.400. The first kappa shape index (κ1) is 12.7. The van der Waals surface area contributed by atoms with Gasteiger partial charge in [0.2, 0.25) is 0 Å². The van der Waals surface area contributed by atoms with Crippen LogP contribution in [-0.2, 0) is 0 Å². The van der Waals surface area contributed by atoms with Gasteiger partial charge >= 0.3 is 0 Å². The highest BCUT2D eigenvalue weighted by Crippen LogP contribution is 2.47. The molecule has 1 fully saturated rings. The van der Waals surface area contributed by atoms with Crippen LogP contribution in [0, 0.1) is 5.41 Å². The first-order valence-corrected chi connectivity index (χ1v) is 7.32. The van der Waals surface area contributed by atoms with Gasteiger partial charge in [-0.3, -0.25) is 0 Å². The molecule has 0 spiro atoms. The van der Waals surface area contributed by atoms with Crippen molar-refractivity contribution in [2.45, 2.75) is 26.2 Å². The van der Waals surface area contributed by atoms with Crippen molar-refractivity contribution in [3.8, 4) is 11.5 Å². The Hall–Kier alpha value is -0.700. The molecule has 0 aliphatic heterocycles. The molecule has 1 aromatic carbocycles. The zero-order chi connectivity index (χ0) is 12.1. The summed E-state index contributed by atoms with van der Waals surface area (Å²) in [6, 6.07) is 7.90. The quantitative estimate of drug-likeness (QED) is 0.708. The van der Waals surface area contributed by atoms with E-state index in [0.29, 0.717) is 5.41 Å². The van der Waals surface area contributed by atoms with Gasteiger partial charge in [0, 0.05) is 10.7 Å². The van der Waals surface area contributed by atoms with E-state index in [9.17, 15) is 0 Å². The summed E-state index contributed by atoms with van der Waals surface area (Å²) in [4.78, 5) is 0. The SMILES string of the molecule is CCCOc1ccc(OCC2(CBr)CC2)cc1. The van der Waals surface area contributed by atoms with Crippen LogP contribution in [0.4, 0.5) is 0 Å². The van der Waals surface area contributed by atoms with Crippen molar-refractivity contribution in [1.29, 1.82) is 0 Å². The van der Waals surface area contributed by atoms with Crippen LogP contribution in [0.1, 0.15) is 26.2 Å². The summed E-state index contributed by atoms with van der Waals surface area (Å²) in [7, 11) is 0. The van der Waals surface area contributed by atoms with Crippen molar-refractivity contribution >= 4 is 15.9 Å². The lowest BCUT2D eigenvalue weighted by atomic mass is 10.2. The molecule has 0 radical (unpaired) electrons. The van der Waals surface area contributed by atoms with Gasteiger partial charge in [0.25, 0.3) is 0 Å². The van der Waals surface area contributed by atoms with Crippen molar-refractivity contribution in [3.05, 3.63) is 24.3 Å². The largest absolute Gasteiger partial charge is 0.494 e. The predicted octanol–water partition coefficient (Wildman–Crippen LogP) is 4.03. The van der Waals surface area contributed by atoms with Crippen LogP contribution in [0.2, 0.25) is 0 Å². The van der Waals surface area contributed by atoms with E-state index in [0.717, 1.165) is 36.5 Å². The Kier molecular flexibility index (Phi) is 4.32. The Bertz CT molecular complexity index is 344. The Labute approximate surface area is 111 Å². The van der Waals surface area contributed by atoms with E-state index in [2.05, 4.69) is 22.9 Å². The number of halogens is 1. The molecule has 0 aromatic heterocycles. The summed E-state index contributed by atoms with van der Waals surface area (Å²) in [5.41, 5.74) is 0.400. The monoisotopic (exact) mass is 298 g/mol. The molecule has 0 heterocycles. The van der Waals surface area contributed by atoms with Gasteiger partial charge in [0.15, 0.2) is 0 Å². The van der Waals surface area contributed by atoms with Crippen LogP contribution in [-0.4, -0.2) is 18.5 Å². The molecule has 0 N–H and O–H groups in total. The van der Waals surface area contributed by atoms with Gasteiger partial charge in [-0.05, 0) is 43.5 Å². The highest BCUT2D eigenvalue weighted by atomic mass is 79.9. The number of alkyl halides is 1. The second-order valence-electron chi connectivity index (χ2n) is 4.74. The van der Waals surface area contributed by atoms with Crippen molar-refractivity contribution < 1.29 is 9.47 Å². The zero-order valence-electron chi connectivity index (χ0n) is 10.2. The topological polar surface area (TPSA) is 18.5 Å². The standard InChI is InChI=1S/C14H19BrO2/c1-2-9-16-12-3-5-13(6-4-12)17-11-14(10-15)7-8-14/h3-6H,2,7-11H2,1H3. The van der Waals surface area contributed by atoms with Gasteiger partial charge in [0.1, 0.15) is 11.5 Å². The van der Waals surface area contributed by atoms with Gasteiger partial charge in [-0.1, -0.05) is 22.9 Å². The lowest BCUT2D eigenvalue weighted by Crippen LogP contribution is -2.14. The number of benzene rings is 1. The number of ether oxygens (including phenoxy) is 2. The Morgan fingerprint density at radius 3 is 2.18 bits per heavy atom.